The van der Waals surface area contributed by atoms with Crippen LogP contribution in [0.1, 0.15) is 285 Å². The van der Waals surface area contributed by atoms with E-state index >= 15 is 0 Å². The highest BCUT2D eigenvalue weighted by molar-refractivity contribution is 5.92. The van der Waals surface area contributed by atoms with Crippen LogP contribution in [0.2, 0.25) is 0 Å². The summed E-state index contributed by atoms with van der Waals surface area (Å²) in [6.07, 6.45) is 53.0. The van der Waals surface area contributed by atoms with Crippen molar-refractivity contribution >= 4 is 17.7 Å². The zero-order chi connectivity index (χ0) is 48.7. The van der Waals surface area contributed by atoms with Gasteiger partial charge in [0.25, 0.3) is 0 Å². The Hall–Kier alpha value is -1.99. The van der Waals surface area contributed by atoms with Gasteiger partial charge in [-0.2, -0.15) is 0 Å². The van der Waals surface area contributed by atoms with E-state index in [4.69, 9.17) is 4.74 Å². The van der Waals surface area contributed by atoms with Gasteiger partial charge in [-0.25, -0.2) is 0 Å². The molecule has 0 saturated carbocycles. The predicted molar refractivity (Wildman–Crippen MR) is 290 cm³/mol. The van der Waals surface area contributed by atoms with Gasteiger partial charge in [-0.3, -0.25) is 19.3 Å². The maximum atomic E-state index is 13.7. The molecule has 0 aliphatic carbocycles. The van der Waals surface area contributed by atoms with E-state index in [2.05, 4.69) is 48.5 Å². The Kier molecular flexibility index (Phi) is 44.8. The number of carbonyl (C=O) groups is 3. The van der Waals surface area contributed by atoms with Crippen molar-refractivity contribution < 1.29 is 19.1 Å². The molecule has 1 saturated heterocycles. The summed E-state index contributed by atoms with van der Waals surface area (Å²) < 4.78 is 4.78. The highest BCUT2D eigenvalue weighted by Crippen LogP contribution is 2.22. The Morgan fingerprint density at radius 1 is 0.463 bits per heavy atom. The number of nitrogens with zero attached hydrogens (tertiary/aromatic N) is 3. The third-order valence-electron chi connectivity index (χ3n) is 14.5. The van der Waals surface area contributed by atoms with Crippen molar-refractivity contribution in [3.63, 3.8) is 0 Å². The van der Waals surface area contributed by atoms with E-state index in [0.717, 1.165) is 90.4 Å². The molecule has 1 amide bonds. The number of ether oxygens (including phenoxy) is 1. The second-order valence-electron chi connectivity index (χ2n) is 20.8. The third-order valence-corrected chi connectivity index (χ3v) is 14.5. The minimum Gasteiger partial charge on any atom is -0.469 e. The Morgan fingerprint density at radius 3 is 1.25 bits per heavy atom. The standard InChI is InChI=1S/C60H113N3O4/c1-6-10-14-18-22-27-33-40-56(41-39-51-61(47-35-29-23-19-15-11-7-2)48-36-30-24-20-16-12-8-3)43-44-59(65)63-52-45-57(46-53-63)54-58(64)55-62(49-37-31-25-21-17-13-9-4)50-38-32-26-28-34-42-60(66)67-5/h43,54H,6-42,44-53,55H2,1-5H3/b56-43+. The van der Waals surface area contributed by atoms with E-state index in [1.165, 1.54) is 218 Å². The van der Waals surface area contributed by atoms with Crippen molar-refractivity contribution in [1.29, 1.82) is 0 Å². The first-order valence-corrected chi connectivity index (χ1v) is 29.6. The molecule has 0 spiro atoms. The van der Waals surface area contributed by atoms with Gasteiger partial charge in [-0.15, -0.1) is 0 Å². The van der Waals surface area contributed by atoms with Crippen LogP contribution >= 0.6 is 0 Å². The van der Waals surface area contributed by atoms with Crippen LogP contribution in [-0.4, -0.2) is 91.8 Å². The lowest BCUT2D eigenvalue weighted by atomic mass is 9.99. The molecule has 0 radical (unpaired) electrons. The minimum atomic E-state index is -0.119. The first-order chi connectivity index (χ1) is 32.9. The van der Waals surface area contributed by atoms with E-state index in [0.29, 0.717) is 19.4 Å². The summed E-state index contributed by atoms with van der Waals surface area (Å²) in [7, 11) is 1.46. The summed E-state index contributed by atoms with van der Waals surface area (Å²) in [5, 5.41) is 0. The molecule has 0 aromatic rings. The lowest BCUT2D eigenvalue weighted by Crippen LogP contribution is -2.36. The molecular weight excluding hydrogens is 827 g/mol. The highest BCUT2D eigenvalue weighted by Gasteiger charge is 2.20. The van der Waals surface area contributed by atoms with Crippen LogP contribution in [0.25, 0.3) is 0 Å². The molecule has 1 aliphatic rings. The Balaban J connectivity index is 2.77. The maximum Gasteiger partial charge on any atom is 0.305 e. The number of ketones is 1. The summed E-state index contributed by atoms with van der Waals surface area (Å²) in [5.41, 5.74) is 2.72. The van der Waals surface area contributed by atoms with Crippen molar-refractivity contribution in [2.45, 2.75) is 285 Å². The molecular formula is C60H113N3O4. The number of methoxy groups -OCH3 is 1. The number of likely N-dealkylation sites (tertiary alicyclic amines) is 1. The summed E-state index contributed by atoms with van der Waals surface area (Å²) in [5.74, 6) is 0.358. The zero-order valence-electron chi connectivity index (χ0n) is 45.6. The smallest absolute Gasteiger partial charge is 0.305 e. The summed E-state index contributed by atoms with van der Waals surface area (Å²) in [6.45, 7) is 16.7. The van der Waals surface area contributed by atoms with Crippen molar-refractivity contribution in [3.05, 3.63) is 23.3 Å². The fraction of sp³-hybridized carbons (Fsp3) is 0.883. The Bertz CT molecular complexity index is 1190. The van der Waals surface area contributed by atoms with E-state index in [1.54, 1.807) is 0 Å². The van der Waals surface area contributed by atoms with Gasteiger partial charge in [0.15, 0.2) is 5.78 Å². The van der Waals surface area contributed by atoms with Gasteiger partial charge < -0.3 is 14.5 Å². The average Bonchev–Trinajstić information content (AvgIpc) is 3.33. The second kappa shape index (κ2) is 47.7. The maximum absolute atomic E-state index is 13.7. The monoisotopic (exact) mass is 940 g/mol. The zero-order valence-corrected chi connectivity index (χ0v) is 45.6. The normalized spacial score (nSPS) is 13.3. The van der Waals surface area contributed by atoms with Crippen molar-refractivity contribution in [3.8, 4) is 0 Å². The molecule has 1 heterocycles. The molecule has 0 aromatic carbocycles. The van der Waals surface area contributed by atoms with E-state index in [1.807, 2.05) is 6.08 Å². The van der Waals surface area contributed by atoms with Gasteiger partial charge in [-0.1, -0.05) is 218 Å². The van der Waals surface area contributed by atoms with Gasteiger partial charge in [0.05, 0.1) is 13.7 Å². The van der Waals surface area contributed by atoms with Crippen LogP contribution in [0, 0.1) is 0 Å². The Labute approximate surface area is 417 Å². The fourth-order valence-corrected chi connectivity index (χ4v) is 9.93. The molecule has 392 valence electrons. The summed E-state index contributed by atoms with van der Waals surface area (Å²) >= 11 is 0. The second-order valence-corrected chi connectivity index (χ2v) is 20.8. The van der Waals surface area contributed by atoms with E-state index in [-0.39, 0.29) is 17.7 Å². The van der Waals surface area contributed by atoms with Crippen molar-refractivity contribution in [1.82, 2.24) is 14.7 Å². The van der Waals surface area contributed by atoms with E-state index < -0.39 is 0 Å². The van der Waals surface area contributed by atoms with Gasteiger partial charge in [-0.05, 0) is 109 Å². The number of amides is 1. The number of esters is 1. The van der Waals surface area contributed by atoms with Crippen LogP contribution < -0.4 is 0 Å². The lowest BCUT2D eigenvalue weighted by Gasteiger charge is -2.28. The molecule has 0 unspecified atom stereocenters. The SMILES string of the molecule is CCCCCCCCC/C(=C\CC(=O)N1CCC(=CC(=O)CN(CCCCCCCCC)CCCCCCCC(=O)OC)CC1)CCCN(CCCCCCCCC)CCCCCCCCC. The van der Waals surface area contributed by atoms with Crippen molar-refractivity contribution in [2.75, 3.05) is 59.5 Å². The molecule has 1 aliphatic heterocycles. The van der Waals surface area contributed by atoms with E-state index in [9.17, 15) is 14.4 Å². The van der Waals surface area contributed by atoms with Gasteiger partial charge in [0, 0.05) is 25.9 Å². The van der Waals surface area contributed by atoms with Gasteiger partial charge >= 0.3 is 5.97 Å². The number of carbonyl (C=O) groups excluding carboxylic acids is 3. The van der Waals surface area contributed by atoms with Gasteiger partial charge in [0.1, 0.15) is 0 Å². The Morgan fingerprint density at radius 2 is 0.821 bits per heavy atom. The average molecular weight is 941 g/mol. The van der Waals surface area contributed by atoms with Crippen molar-refractivity contribution in [2.24, 2.45) is 0 Å². The fourth-order valence-electron chi connectivity index (χ4n) is 9.93. The quantitative estimate of drug-likeness (QED) is 0.0262. The largest absolute Gasteiger partial charge is 0.469 e. The molecule has 0 atom stereocenters. The van der Waals surface area contributed by atoms with Gasteiger partial charge in [0.2, 0.25) is 5.91 Å². The highest BCUT2D eigenvalue weighted by atomic mass is 16.5. The predicted octanol–water partition coefficient (Wildman–Crippen LogP) is 16.7. The minimum absolute atomic E-state index is 0.119. The van der Waals surface area contributed by atoms with Crippen LogP contribution in [0.3, 0.4) is 0 Å². The molecule has 0 bridgehead atoms. The van der Waals surface area contributed by atoms with Crippen LogP contribution in [0.4, 0.5) is 0 Å². The number of piperidine rings is 1. The first kappa shape index (κ1) is 63.0. The number of hydrogen-bond donors (Lipinski definition) is 0. The topological polar surface area (TPSA) is 70.2 Å². The third kappa shape index (κ3) is 39.4. The molecule has 7 heteroatoms. The molecule has 67 heavy (non-hydrogen) atoms. The summed E-state index contributed by atoms with van der Waals surface area (Å²) in [6, 6.07) is 0. The number of rotatable bonds is 49. The van der Waals surface area contributed by atoms with Crippen LogP contribution in [0.5, 0.6) is 0 Å². The number of allylic oxidation sites excluding steroid dienone is 1. The van der Waals surface area contributed by atoms with Crippen LogP contribution in [0.15, 0.2) is 23.3 Å². The molecule has 0 aromatic heterocycles. The lowest BCUT2D eigenvalue weighted by molar-refractivity contribution is -0.140. The summed E-state index contributed by atoms with van der Waals surface area (Å²) in [4.78, 5) is 45.8. The number of unbranched alkanes of at least 4 members (excludes halogenated alkanes) is 28. The van der Waals surface area contributed by atoms with Crippen LogP contribution in [-0.2, 0) is 19.1 Å². The molecule has 7 nitrogen and oxygen atoms in total. The molecule has 0 N–H and O–H groups in total. The molecule has 1 fully saturated rings. The number of hydrogen-bond acceptors (Lipinski definition) is 6. The molecule has 1 rings (SSSR count). The first-order valence-electron chi connectivity index (χ1n) is 29.6.